The summed E-state index contributed by atoms with van der Waals surface area (Å²) < 4.78 is 10.2. The summed E-state index contributed by atoms with van der Waals surface area (Å²) in [4.78, 5) is 25.6. The molecule has 1 aromatic heterocycles. The second-order valence-corrected chi connectivity index (χ2v) is 6.03. The molecule has 0 fully saturated rings. The minimum Gasteiger partial charge on any atom is -0.495 e. The van der Waals surface area contributed by atoms with Gasteiger partial charge in [0.05, 0.1) is 12.8 Å². The van der Waals surface area contributed by atoms with Crippen molar-refractivity contribution in [3.8, 4) is 5.75 Å². The minimum atomic E-state index is -0.479. The molecule has 0 spiro atoms. The molecule has 2 aromatic rings. The van der Waals surface area contributed by atoms with Crippen LogP contribution in [-0.2, 0) is 16.0 Å². The van der Waals surface area contributed by atoms with Crippen molar-refractivity contribution >= 4 is 28.9 Å². The summed E-state index contributed by atoms with van der Waals surface area (Å²) in [6.45, 7) is 3.66. The summed E-state index contributed by atoms with van der Waals surface area (Å²) in [6.07, 6.45) is 0.873. The van der Waals surface area contributed by atoms with E-state index in [1.54, 1.807) is 30.3 Å². The minimum absolute atomic E-state index is 0.338. The zero-order valence-electron chi connectivity index (χ0n) is 13.3. The van der Waals surface area contributed by atoms with E-state index in [0.717, 1.165) is 16.9 Å². The Morgan fingerprint density at radius 2 is 2.00 bits per heavy atom. The molecular formula is C17H19NO4S. The smallest absolute Gasteiger partial charge is 0.348 e. The van der Waals surface area contributed by atoms with Gasteiger partial charge in [-0.3, -0.25) is 4.79 Å². The average Bonchev–Trinajstić information content (AvgIpc) is 2.94. The predicted octanol–water partition coefficient (Wildman–Crippen LogP) is 3.42. The lowest BCUT2D eigenvalue weighted by molar-refractivity contribution is -0.119. The summed E-state index contributed by atoms with van der Waals surface area (Å²) in [5.41, 5.74) is 1.61. The molecule has 1 amide bonds. The van der Waals surface area contributed by atoms with Gasteiger partial charge in [-0.1, -0.05) is 19.1 Å². The van der Waals surface area contributed by atoms with Crippen molar-refractivity contribution in [2.45, 2.75) is 20.3 Å². The van der Waals surface area contributed by atoms with Gasteiger partial charge < -0.3 is 14.8 Å². The molecule has 6 heteroatoms. The van der Waals surface area contributed by atoms with Gasteiger partial charge in [0.1, 0.15) is 10.6 Å². The van der Waals surface area contributed by atoms with Crippen LogP contribution in [0.25, 0.3) is 0 Å². The van der Waals surface area contributed by atoms with Gasteiger partial charge in [0.2, 0.25) is 0 Å². The Labute approximate surface area is 139 Å². The van der Waals surface area contributed by atoms with Crippen molar-refractivity contribution in [3.05, 3.63) is 45.6 Å². The lowest BCUT2D eigenvalue weighted by Crippen LogP contribution is -2.20. The monoisotopic (exact) mass is 333 g/mol. The number of rotatable bonds is 6. The van der Waals surface area contributed by atoms with Gasteiger partial charge in [-0.05, 0) is 37.1 Å². The number of carbonyl (C=O) groups excluding carboxylic acids is 2. The first-order chi connectivity index (χ1) is 11.0. The van der Waals surface area contributed by atoms with Gasteiger partial charge in [0.15, 0.2) is 6.61 Å². The molecule has 1 N–H and O–H groups in total. The molecule has 0 unspecified atom stereocenters. The van der Waals surface area contributed by atoms with Crippen LogP contribution in [0.4, 0.5) is 5.69 Å². The third-order valence-electron chi connectivity index (χ3n) is 3.26. The highest BCUT2D eigenvalue weighted by atomic mass is 32.1. The third kappa shape index (κ3) is 4.32. The standard InChI is InChI=1S/C17H19NO4S/c1-4-14-11(2)9-15(23-14)17(20)22-10-16(19)18-12-7-5-6-8-13(12)21-3/h5-9H,4,10H2,1-3H3,(H,18,19). The fourth-order valence-corrected chi connectivity index (χ4v) is 3.12. The summed E-state index contributed by atoms with van der Waals surface area (Å²) in [5, 5.41) is 2.66. The van der Waals surface area contributed by atoms with Crippen LogP contribution in [0.5, 0.6) is 5.75 Å². The first-order valence-corrected chi connectivity index (χ1v) is 8.06. The van der Waals surface area contributed by atoms with Crippen LogP contribution in [0.3, 0.4) is 0 Å². The number of hydrogen-bond acceptors (Lipinski definition) is 5. The molecule has 1 aromatic carbocycles. The van der Waals surface area contributed by atoms with E-state index >= 15 is 0 Å². The molecule has 122 valence electrons. The number of amides is 1. The number of benzene rings is 1. The number of esters is 1. The van der Waals surface area contributed by atoms with Crippen molar-refractivity contribution in [1.82, 2.24) is 0 Å². The van der Waals surface area contributed by atoms with Crippen LogP contribution in [0, 0.1) is 6.92 Å². The molecule has 0 aliphatic heterocycles. The summed E-state index contributed by atoms with van der Waals surface area (Å²) in [6, 6.07) is 8.84. The lowest BCUT2D eigenvalue weighted by atomic mass is 10.2. The number of methoxy groups -OCH3 is 1. The van der Waals surface area contributed by atoms with Crippen molar-refractivity contribution in [3.63, 3.8) is 0 Å². The average molecular weight is 333 g/mol. The normalized spacial score (nSPS) is 10.2. The highest BCUT2D eigenvalue weighted by molar-refractivity contribution is 7.14. The van der Waals surface area contributed by atoms with E-state index in [-0.39, 0.29) is 6.61 Å². The van der Waals surface area contributed by atoms with E-state index in [2.05, 4.69) is 5.32 Å². The Bertz CT molecular complexity index is 708. The van der Waals surface area contributed by atoms with Crippen molar-refractivity contribution in [2.75, 3.05) is 19.0 Å². The summed E-state index contributed by atoms with van der Waals surface area (Å²) >= 11 is 1.40. The molecule has 0 radical (unpaired) electrons. The fraction of sp³-hybridized carbons (Fsp3) is 0.294. The number of carbonyl (C=O) groups is 2. The molecule has 0 aliphatic rings. The van der Waals surface area contributed by atoms with Gasteiger partial charge >= 0.3 is 5.97 Å². The molecule has 0 saturated carbocycles. The maximum Gasteiger partial charge on any atom is 0.348 e. The molecule has 5 nitrogen and oxygen atoms in total. The molecular weight excluding hydrogens is 314 g/mol. The first kappa shape index (κ1) is 17.0. The molecule has 0 atom stereocenters. The maximum atomic E-state index is 12.0. The van der Waals surface area contributed by atoms with Crippen molar-refractivity contribution in [2.24, 2.45) is 0 Å². The number of aryl methyl sites for hydroxylation is 2. The van der Waals surface area contributed by atoms with Gasteiger partial charge in [-0.2, -0.15) is 0 Å². The van der Waals surface area contributed by atoms with Crippen LogP contribution in [0.1, 0.15) is 27.0 Å². The first-order valence-electron chi connectivity index (χ1n) is 7.24. The Hall–Kier alpha value is -2.34. The fourth-order valence-electron chi connectivity index (χ4n) is 2.11. The SMILES string of the molecule is CCc1sc(C(=O)OCC(=O)Nc2ccccc2OC)cc1C. The van der Waals surface area contributed by atoms with Crippen LogP contribution in [0.2, 0.25) is 0 Å². The number of ether oxygens (including phenoxy) is 2. The quantitative estimate of drug-likeness (QED) is 0.823. The number of nitrogens with one attached hydrogen (secondary N) is 1. The van der Waals surface area contributed by atoms with E-state index in [9.17, 15) is 9.59 Å². The molecule has 2 rings (SSSR count). The van der Waals surface area contributed by atoms with Crippen molar-refractivity contribution < 1.29 is 19.1 Å². The number of hydrogen-bond donors (Lipinski definition) is 1. The zero-order valence-corrected chi connectivity index (χ0v) is 14.2. The number of para-hydroxylation sites is 2. The van der Waals surface area contributed by atoms with E-state index < -0.39 is 11.9 Å². The van der Waals surface area contributed by atoms with E-state index in [1.165, 1.54) is 18.4 Å². The summed E-state index contributed by atoms with van der Waals surface area (Å²) in [7, 11) is 1.52. The van der Waals surface area contributed by atoms with Crippen LogP contribution in [0.15, 0.2) is 30.3 Å². The Kier molecular flexibility index (Phi) is 5.76. The molecule has 0 bridgehead atoms. The van der Waals surface area contributed by atoms with Crippen LogP contribution in [-0.4, -0.2) is 25.6 Å². The Morgan fingerprint density at radius 1 is 1.26 bits per heavy atom. The topological polar surface area (TPSA) is 64.6 Å². The Morgan fingerprint density at radius 3 is 2.65 bits per heavy atom. The Balaban J connectivity index is 1.92. The summed E-state index contributed by atoms with van der Waals surface area (Å²) in [5.74, 6) is -0.339. The van der Waals surface area contributed by atoms with Crippen LogP contribution >= 0.6 is 11.3 Å². The lowest BCUT2D eigenvalue weighted by Gasteiger charge is -2.09. The van der Waals surface area contributed by atoms with Gasteiger partial charge in [-0.15, -0.1) is 11.3 Å². The molecule has 0 aliphatic carbocycles. The highest BCUT2D eigenvalue weighted by Gasteiger charge is 2.15. The zero-order chi connectivity index (χ0) is 16.8. The second-order valence-electron chi connectivity index (χ2n) is 4.89. The highest BCUT2D eigenvalue weighted by Crippen LogP contribution is 2.24. The number of thiophene rings is 1. The molecule has 23 heavy (non-hydrogen) atoms. The van der Waals surface area contributed by atoms with Gasteiger partial charge in [0.25, 0.3) is 5.91 Å². The second kappa shape index (κ2) is 7.78. The van der Waals surface area contributed by atoms with Crippen LogP contribution < -0.4 is 10.1 Å². The molecule has 0 saturated heterocycles. The van der Waals surface area contributed by atoms with E-state index in [1.807, 2.05) is 13.8 Å². The predicted molar refractivity (Wildman–Crippen MR) is 90.3 cm³/mol. The molecule has 1 heterocycles. The van der Waals surface area contributed by atoms with Gasteiger partial charge in [-0.25, -0.2) is 4.79 Å². The largest absolute Gasteiger partial charge is 0.495 e. The van der Waals surface area contributed by atoms with E-state index in [0.29, 0.717) is 16.3 Å². The van der Waals surface area contributed by atoms with Crippen molar-refractivity contribution in [1.29, 1.82) is 0 Å². The van der Waals surface area contributed by atoms with E-state index in [4.69, 9.17) is 9.47 Å². The third-order valence-corrected chi connectivity index (χ3v) is 4.62. The van der Waals surface area contributed by atoms with Gasteiger partial charge in [0, 0.05) is 4.88 Å². The maximum absolute atomic E-state index is 12.0. The number of anilines is 1.